The predicted molar refractivity (Wildman–Crippen MR) is 59.7 cm³/mol. The van der Waals surface area contributed by atoms with Gasteiger partial charge in [0.25, 0.3) is 0 Å². The zero-order chi connectivity index (χ0) is 10.2. The molecule has 0 aliphatic heterocycles. The standard InChI is InChI=1S/C11H9NOS/c13-7-2-1-4-10-5-3-6-11(8-10)12-9-14/h3,5-6,8,13H,2,7H2. The summed E-state index contributed by atoms with van der Waals surface area (Å²) in [6.07, 6.45) is 0.487. The van der Waals surface area contributed by atoms with Crippen molar-refractivity contribution in [3.05, 3.63) is 29.8 Å². The first-order valence-electron chi connectivity index (χ1n) is 4.14. The zero-order valence-electron chi connectivity index (χ0n) is 7.53. The van der Waals surface area contributed by atoms with Gasteiger partial charge in [0.15, 0.2) is 0 Å². The third kappa shape index (κ3) is 3.51. The number of rotatable bonds is 2. The number of nitrogens with zero attached hydrogens (tertiary/aromatic N) is 1. The Kier molecular flexibility index (Phi) is 4.60. The maximum atomic E-state index is 8.54. The normalized spacial score (nSPS) is 8.36. The molecular formula is C11H9NOS. The smallest absolute Gasteiger partial charge is 0.0751 e. The van der Waals surface area contributed by atoms with Gasteiger partial charge in [-0.3, -0.25) is 0 Å². The Hall–Kier alpha value is -1.46. The minimum absolute atomic E-state index is 0.0881. The predicted octanol–water partition coefficient (Wildman–Crippen LogP) is 2.15. The second-order valence-corrected chi connectivity index (χ2v) is 2.71. The molecule has 0 radical (unpaired) electrons. The van der Waals surface area contributed by atoms with Crippen LogP contribution in [0.3, 0.4) is 0 Å². The minimum Gasteiger partial charge on any atom is -0.395 e. The van der Waals surface area contributed by atoms with Gasteiger partial charge in [-0.05, 0) is 30.4 Å². The van der Waals surface area contributed by atoms with Gasteiger partial charge in [-0.1, -0.05) is 17.9 Å². The van der Waals surface area contributed by atoms with Crippen LogP contribution in [0, 0.1) is 11.8 Å². The van der Waals surface area contributed by atoms with E-state index in [9.17, 15) is 0 Å². The van der Waals surface area contributed by atoms with Crippen LogP contribution in [0.2, 0.25) is 0 Å². The van der Waals surface area contributed by atoms with Crippen molar-refractivity contribution in [3.8, 4) is 11.8 Å². The first-order chi connectivity index (χ1) is 6.86. The lowest BCUT2D eigenvalue weighted by Crippen LogP contribution is -1.77. The van der Waals surface area contributed by atoms with Crippen molar-refractivity contribution in [2.75, 3.05) is 6.61 Å². The van der Waals surface area contributed by atoms with Gasteiger partial charge in [-0.25, -0.2) is 0 Å². The molecule has 14 heavy (non-hydrogen) atoms. The third-order valence-corrected chi connectivity index (χ3v) is 1.58. The summed E-state index contributed by atoms with van der Waals surface area (Å²) in [5.74, 6) is 5.75. The molecule has 2 nitrogen and oxygen atoms in total. The molecule has 70 valence electrons. The molecule has 0 amide bonds. The molecular weight excluding hydrogens is 194 g/mol. The largest absolute Gasteiger partial charge is 0.395 e. The average molecular weight is 203 g/mol. The van der Waals surface area contributed by atoms with Crippen LogP contribution in [-0.2, 0) is 0 Å². The summed E-state index contributed by atoms with van der Waals surface area (Å²) in [5, 5.41) is 10.8. The Morgan fingerprint density at radius 2 is 2.29 bits per heavy atom. The zero-order valence-corrected chi connectivity index (χ0v) is 8.34. The molecule has 0 heterocycles. The van der Waals surface area contributed by atoms with Crippen LogP contribution in [-0.4, -0.2) is 16.9 Å². The SMILES string of the molecule is OCCC#Cc1cccc(N=C=S)c1. The van der Waals surface area contributed by atoms with Gasteiger partial charge < -0.3 is 5.11 Å². The number of hydrogen-bond acceptors (Lipinski definition) is 3. The second-order valence-electron chi connectivity index (χ2n) is 2.53. The summed E-state index contributed by atoms with van der Waals surface area (Å²) < 4.78 is 0. The summed E-state index contributed by atoms with van der Waals surface area (Å²) >= 11 is 4.50. The van der Waals surface area contributed by atoms with E-state index in [1.54, 1.807) is 0 Å². The quantitative estimate of drug-likeness (QED) is 0.454. The van der Waals surface area contributed by atoms with E-state index < -0.39 is 0 Å². The maximum Gasteiger partial charge on any atom is 0.0751 e. The number of thiocarbonyl (C=S) groups is 1. The molecule has 1 N–H and O–H groups in total. The molecule has 0 saturated carbocycles. The molecule has 0 spiro atoms. The van der Waals surface area contributed by atoms with Crippen molar-refractivity contribution in [2.45, 2.75) is 6.42 Å². The third-order valence-electron chi connectivity index (χ3n) is 1.49. The number of benzene rings is 1. The molecule has 1 aromatic rings. The van der Waals surface area contributed by atoms with Crippen LogP contribution in [0.15, 0.2) is 29.3 Å². The molecule has 0 saturated heterocycles. The Balaban J connectivity index is 2.84. The molecule has 0 aliphatic rings. The summed E-state index contributed by atoms with van der Waals surface area (Å²) in [6, 6.07) is 7.39. The molecule has 0 bridgehead atoms. The maximum absolute atomic E-state index is 8.54. The van der Waals surface area contributed by atoms with Crippen LogP contribution in [0.25, 0.3) is 0 Å². The van der Waals surface area contributed by atoms with E-state index in [4.69, 9.17) is 5.11 Å². The summed E-state index contributed by atoms with van der Waals surface area (Å²) in [4.78, 5) is 3.84. The topological polar surface area (TPSA) is 32.6 Å². The van der Waals surface area contributed by atoms with Gasteiger partial charge in [-0.2, -0.15) is 4.99 Å². The highest BCUT2D eigenvalue weighted by atomic mass is 32.1. The van der Waals surface area contributed by atoms with Crippen molar-refractivity contribution < 1.29 is 5.11 Å². The van der Waals surface area contributed by atoms with Gasteiger partial charge in [0, 0.05) is 12.0 Å². The van der Waals surface area contributed by atoms with E-state index in [1.807, 2.05) is 24.3 Å². The van der Waals surface area contributed by atoms with E-state index >= 15 is 0 Å². The average Bonchev–Trinajstić information content (AvgIpc) is 2.19. The van der Waals surface area contributed by atoms with Gasteiger partial charge in [0.1, 0.15) is 0 Å². The number of aliphatic imine (C=N–C) groups is 1. The van der Waals surface area contributed by atoms with Crippen molar-refractivity contribution >= 4 is 23.1 Å². The molecule has 1 aromatic carbocycles. The molecule has 1 rings (SSSR count). The second kappa shape index (κ2) is 6.06. The Morgan fingerprint density at radius 1 is 1.43 bits per heavy atom. The van der Waals surface area contributed by atoms with Gasteiger partial charge in [0.05, 0.1) is 17.5 Å². The molecule has 0 aliphatic carbocycles. The number of aliphatic hydroxyl groups is 1. The van der Waals surface area contributed by atoms with E-state index in [-0.39, 0.29) is 6.61 Å². The first kappa shape index (κ1) is 10.6. The van der Waals surface area contributed by atoms with Crippen LogP contribution in [0.4, 0.5) is 5.69 Å². The van der Waals surface area contributed by atoms with E-state index in [0.29, 0.717) is 6.42 Å². The molecule has 0 aromatic heterocycles. The van der Waals surface area contributed by atoms with Crippen molar-refractivity contribution in [2.24, 2.45) is 4.99 Å². The van der Waals surface area contributed by atoms with Crippen molar-refractivity contribution in [3.63, 3.8) is 0 Å². The van der Waals surface area contributed by atoms with E-state index in [2.05, 4.69) is 34.2 Å². The van der Waals surface area contributed by atoms with E-state index in [1.165, 1.54) is 0 Å². The summed E-state index contributed by atoms with van der Waals surface area (Å²) in [5.41, 5.74) is 1.61. The fourth-order valence-electron chi connectivity index (χ4n) is 0.926. The lowest BCUT2D eigenvalue weighted by molar-refractivity contribution is 0.305. The molecule has 3 heteroatoms. The molecule has 0 unspecified atom stereocenters. The van der Waals surface area contributed by atoms with Crippen LogP contribution < -0.4 is 0 Å². The van der Waals surface area contributed by atoms with Crippen molar-refractivity contribution in [1.82, 2.24) is 0 Å². The monoisotopic (exact) mass is 203 g/mol. The van der Waals surface area contributed by atoms with E-state index in [0.717, 1.165) is 11.3 Å². The highest BCUT2D eigenvalue weighted by molar-refractivity contribution is 7.78. The number of aliphatic hydroxyl groups excluding tert-OH is 1. The van der Waals surface area contributed by atoms with Gasteiger partial charge in [-0.15, -0.1) is 0 Å². The Bertz CT molecular complexity index is 411. The molecule has 0 atom stereocenters. The number of hydrogen-bond donors (Lipinski definition) is 1. The van der Waals surface area contributed by atoms with Crippen LogP contribution in [0.5, 0.6) is 0 Å². The van der Waals surface area contributed by atoms with Crippen LogP contribution >= 0.6 is 12.2 Å². The summed E-state index contributed by atoms with van der Waals surface area (Å²) in [7, 11) is 0. The highest BCUT2D eigenvalue weighted by Gasteiger charge is 1.89. The van der Waals surface area contributed by atoms with Gasteiger partial charge in [0.2, 0.25) is 0 Å². The first-order valence-corrected chi connectivity index (χ1v) is 4.55. The fourth-order valence-corrected chi connectivity index (χ4v) is 1.03. The lowest BCUT2D eigenvalue weighted by Gasteiger charge is -1.91. The highest BCUT2D eigenvalue weighted by Crippen LogP contribution is 2.12. The summed E-state index contributed by atoms with van der Waals surface area (Å²) in [6.45, 7) is 0.0881. The molecule has 0 fully saturated rings. The minimum atomic E-state index is 0.0881. The van der Waals surface area contributed by atoms with Crippen LogP contribution in [0.1, 0.15) is 12.0 Å². The van der Waals surface area contributed by atoms with Gasteiger partial charge >= 0.3 is 0 Å². The Labute approximate surface area is 88.3 Å². The Morgan fingerprint density at radius 3 is 3.00 bits per heavy atom. The fraction of sp³-hybridized carbons (Fsp3) is 0.182. The number of isothiocyanates is 1. The van der Waals surface area contributed by atoms with Crippen molar-refractivity contribution in [1.29, 1.82) is 0 Å². The lowest BCUT2D eigenvalue weighted by atomic mass is 10.2.